The standard InChI is InChI=1S/C15H29NO/c1-10-6-5-7-15(13(10)4)16-14-8-11(2)17-12(3)9-14/h10-16H,5-9H2,1-4H3. The molecule has 1 aliphatic carbocycles. The van der Waals surface area contributed by atoms with Crippen molar-refractivity contribution >= 4 is 0 Å². The number of nitrogens with one attached hydrogen (secondary N) is 1. The second-order valence-corrected chi connectivity index (χ2v) is 6.47. The Morgan fingerprint density at radius 3 is 2.24 bits per heavy atom. The van der Waals surface area contributed by atoms with E-state index in [0.717, 1.165) is 17.9 Å². The predicted octanol–water partition coefficient (Wildman–Crippen LogP) is 3.36. The average Bonchev–Trinajstić information content (AvgIpc) is 2.23. The van der Waals surface area contributed by atoms with Crippen molar-refractivity contribution < 1.29 is 4.74 Å². The van der Waals surface area contributed by atoms with E-state index < -0.39 is 0 Å². The highest BCUT2D eigenvalue weighted by molar-refractivity contribution is 4.87. The van der Waals surface area contributed by atoms with Crippen molar-refractivity contribution in [3.8, 4) is 0 Å². The van der Waals surface area contributed by atoms with Crippen molar-refractivity contribution in [3.63, 3.8) is 0 Å². The number of hydrogen-bond donors (Lipinski definition) is 1. The van der Waals surface area contributed by atoms with Gasteiger partial charge < -0.3 is 10.1 Å². The van der Waals surface area contributed by atoms with Gasteiger partial charge >= 0.3 is 0 Å². The van der Waals surface area contributed by atoms with E-state index in [2.05, 4.69) is 33.0 Å². The predicted molar refractivity (Wildman–Crippen MR) is 72.1 cm³/mol. The van der Waals surface area contributed by atoms with Gasteiger partial charge in [-0.15, -0.1) is 0 Å². The summed E-state index contributed by atoms with van der Waals surface area (Å²) in [5, 5.41) is 3.92. The van der Waals surface area contributed by atoms with Gasteiger partial charge in [0.15, 0.2) is 0 Å². The SMILES string of the molecule is CC1CC(NC2CCCC(C)C2C)CC(C)O1. The Kier molecular flexibility index (Phi) is 4.48. The van der Waals surface area contributed by atoms with E-state index in [-0.39, 0.29) is 0 Å². The van der Waals surface area contributed by atoms with Gasteiger partial charge in [0.1, 0.15) is 0 Å². The molecule has 0 aromatic heterocycles. The van der Waals surface area contributed by atoms with Gasteiger partial charge in [-0.05, 0) is 44.9 Å². The van der Waals surface area contributed by atoms with E-state index >= 15 is 0 Å². The van der Waals surface area contributed by atoms with Gasteiger partial charge in [0.05, 0.1) is 12.2 Å². The van der Waals surface area contributed by atoms with Gasteiger partial charge in [-0.25, -0.2) is 0 Å². The van der Waals surface area contributed by atoms with Crippen LogP contribution in [0, 0.1) is 11.8 Å². The first-order valence-electron chi connectivity index (χ1n) is 7.47. The normalized spacial score (nSPS) is 48.0. The zero-order valence-corrected chi connectivity index (χ0v) is 11.9. The highest BCUT2D eigenvalue weighted by atomic mass is 16.5. The van der Waals surface area contributed by atoms with Gasteiger partial charge in [-0.2, -0.15) is 0 Å². The molecule has 2 rings (SSSR count). The molecule has 0 aromatic carbocycles. The first-order valence-corrected chi connectivity index (χ1v) is 7.47. The fraction of sp³-hybridized carbons (Fsp3) is 1.00. The zero-order chi connectivity index (χ0) is 12.4. The molecule has 0 bridgehead atoms. The minimum absolute atomic E-state index is 0.424. The van der Waals surface area contributed by atoms with Crippen molar-refractivity contribution in [3.05, 3.63) is 0 Å². The lowest BCUT2D eigenvalue weighted by Crippen LogP contribution is -2.49. The molecular formula is C15H29NO. The van der Waals surface area contributed by atoms with Crippen molar-refractivity contribution in [1.82, 2.24) is 5.32 Å². The fourth-order valence-corrected chi connectivity index (χ4v) is 3.66. The Morgan fingerprint density at radius 2 is 1.59 bits per heavy atom. The van der Waals surface area contributed by atoms with Gasteiger partial charge in [-0.3, -0.25) is 0 Å². The second-order valence-electron chi connectivity index (χ2n) is 6.47. The molecule has 1 saturated carbocycles. The summed E-state index contributed by atoms with van der Waals surface area (Å²) >= 11 is 0. The highest BCUT2D eigenvalue weighted by Gasteiger charge is 2.31. The minimum atomic E-state index is 0.424. The maximum atomic E-state index is 5.81. The molecule has 17 heavy (non-hydrogen) atoms. The van der Waals surface area contributed by atoms with Gasteiger partial charge in [-0.1, -0.05) is 26.7 Å². The molecule has 2 nitrogen and oxygen atoms in total. The van der Waals surface area contributed by atoms with Crippen molar-refractivity contribution in [2.45, 2.75) is 84.1 Å². The molecule has 5 atom stereocenters. The van der Waals surface area contributed by atoms with E-state index in [4.69, 9.17) is 4.74 Å². The van der Waals surface area contributed by atoms with Gasteiger partial charge in [0.2, 0.25) is 0 Å². The van der Waals surface area contributed by atoms with Crippen molar-refractivity contribution in [2.24, 2.45) is 11.8 Å². The van der Waals surface area contributed by atoms with Crippen LogP contribution >= 0.6 is 0 Å². The molecule has 5 unspecified atom stereocenters. The zero-order valence-electron chi connectivity index (χ0n) is 11.9. The molecule has 0 spiro atoms. The third-order valence-corrected chi connectivity index (χ3v) is 4.85. The maximum absolute atomic E-state index is 5.81. The van der Waals surface area contributed by atoms with Gasteiger partial charge in [0.25, 0.3) is 0 Å². The summed E-state index contributed by atoms with van der Waals surface area (Å²) in [5.74, 6) is 1.72. The van der Waals surface area contributed by atoms with Crippen molar-refractivity contribution in [1.29, 1.82) is 0 Å². The summed E-state index contributed by atoms with van der Waals surface area (Å²) in [5.41, 5.74) is 0. The molecule has 1 N–H and O–H groups in total. The maximum Gasteiger partial charge on any atom is 0.0565 e. The summed E-state index contributed by atoms with van der Waals surface area (Å²) in [6, 6.07) is 1.41. The fourth-order valence-electron chi connectivity index (χ4n) is 3.66. The third-order valence-electron chi connectivity index (χ3n) is 4.85. The third kappa shape index (κ3) is 3.45. The Morgan fingerprint density at radius 1 is 0.941 bits per heavy atom. The molecule has 100 valence electrons. The topological polar surface area (TPSA) is 21.3 Å². The molecular weight excluding hydrogens is 210 g/mol. The monoisotopic (exact) mass is 239 g/mol. The first kappa shape index (κ1) is 13.4. The smallest absolute Gasteiger partial charge is 0.0565 e. The lowest BCUT2D eigenvalue weighted by atomic mass is 9.77. The van der Waals surface area contributed by atoms with E-state index in [1.807, 2.05) is 0 Å². The lowest BCUT2D eigenvalue weighted by molar-refractivity contribution is -0.0457. The Labute approximate surface area is 107 Å². The van der Waals surface area contributed by atoms with E-state index in [0.29, 0.717) is 18.2 Å². The largest absolute Gasteiger partial charge is 0.375 e. The number of hydrogen-bond acceptors (Lipinski definition) is 2. The Balaban J connectivity index is 1.87. The van der Waals surface area contributed by atoms with Gasteiger partial charge in [0, 0.05) is 12.1 Å². The number of ether oxygens (including phenoxy) is 1. The van der Waals surface area contributed by atoms with Crippen LogP contribution in [0.4, 0.5) is 0 Å². The van der Waals surface area contributed by atoms with E-state index in [1.165, 1.54) is 32.1 Å². The van der Waals surface area contributed by atoms with Crippen LogP contribution in [0.3, 0.4) is 0 Å². The van der Waals surface area contributed by atoms with Crippen LogP contribution in [0.2, 0.25) is 0 Å². The van der Waals surface area contributed by atoms with Crippen LogP contribution in [-0.4, -0.2) is 24.3 Å². The first-order chi connectivity index (χ1) is 8.06. The van der Waals surface area contributed by atoms with Crippen molar-refractivity contribution in [2.75, 3.05) is 0 Å². The van der Waals surface area contributed by atoms with E-state index in [9.17, 15) is 0 Å². The molecule has 2 fully saturated rings. The molecule has 1 saturated heterocycles. The summed E-state index contributed by atoms with van der Waals surface area (Å²) in [4.78, 5) is 0. The summed E-state index contributed by atoms with van der Waals surface area (Å²) in [6.07, 6.45) is 7.40. The highest BCUT2D eigenvalue weighted by Crippen LogP contribution is 2.31. The van der Waals surface area contributed by atoms with E-state index in [1.54, 1.807) is 0 Å². The summed E-state index contributed by atoms with van der Waals surface area (Å²) in [6.45, 7) is 9.25. The summed E-state index contributed by atoms with van der Waals surface area (Å²) < 4.78 is 5.81. The van der Waals surface area contributed by atoms with Crippen LogP contribution in [0.5, 0.6) is 0 Å². The molecule has 0 aromatic rings. The second kappa shape index (κ2) is 5.71. The van der Waals surface area contributed by atoms with Crippen LogP contribution in [0.15, 0.2) is 0 Å². The van der Waals surface area contributed by atoms with Crippen LogP contribution in [0.25, 0.3) is 0 Å². The quantitative estimate of drug-likeness (QED) is 0.798. The van der Waals surface area contributed by atoms with Crippen LogP contribution in [0.1, 0.15) is 59.8 Å². The molecule has 1 heterocycles. The molecule has 0 radical (unpaired) electrons. The minimum Gasteiger partial charge on any atom is -0.375 e. The molecule has 0 amide bonds. The average molecular weight is 239 g/mol. The van der Waals surface area contributed by atoms with Crippen LogP contribution < -0.4 is 5.32 Å². The Hall–Kier alpha value is -0.0800. The molecule has 1 aliphatic heterocycles. The number of rotatable bonds is 2. The molecule has 2 heteroatoms. The van der Waals surface area contributed by atoms with Crippen LogP contribution in [-0.2, 0) is 4.74 Å². The Bertz CT molecular complexity index is 233. The molecule has 2 aliphatic rings. The lowest BCUT2D eigenvalue weighted by Gasteiger charge is -2.40. The summed E-state index contributed by atoms with van der Waals surface area (Å²) in [7, 11) is 0.